The van der Waals surface area contributed by atoms with Gasteiger partial charge in [0.15, 0.2) is 0 Å². The molecule has 0 bridgehead atoms. The molecular weight excluding hydrogens is 313 g/mol. The third-order valence-electron chi connectivity index (χ3n) is 2.49. The summed E-state index contributed by atoms with van der Waals surface area (Å²) in [6.07, 6.45) is 0.685. The Morgan fingerprint density at radius 1 is 1.11 bits per heavy atom. The van der Waals surface area contributed by atoms with Crippen LogP contribution in [0.15, 0.2) is 56.7 Å². The van der Waals surface area contributed by atoms with E-state index in [0.717, 1.165) is 19.8 Å². The van der Waals surface area contributed by atoms with Crippen LogP contribution in [0.1, 0.15) is 5.56 Å². The molecule has 0 fully saturated rings. The van der Waals surface area contributed by atoms with Gasteiger partial charge in [-0.25, -0.2) is 4.39 Å². The first-order valence-corrected chi connectivity index (χ1v) is 7.22. The highest BCUT2D eigenvalue weighted by atomic mass is 79.9. The van der Waals surface area contributed by atoms with Gasteiger partial charge in [0.05, 0.1) is 0 Å². The van der Waals surface area contributed by atoms with Crippen LogP contribution in [0.4, 0.5) is 4.39 Å². The molecule has 0 saturated carbocycles. The predicted molar refractivity (Wildman–Crippen MR) is 77.4 cm³/mol. The zero-order valence-electron chi connectivity index (χ0n) is 9.70. The summed E-state index contributed by atoms with van der Waals surface area (Å²) >= 11 is 5.13. The van der Waals surface area contributed by atoms with E-state index in [0.29, 0.717) is 13.0 Å². The molecule has 0 radical (unpaired) electrons. The molecule has 0 aliphatic carbocycles. The Morgan fingerprint density at radius 2 is 1.89 bits per heavy atom. The molecule has 94 valence electrons. The minimum absolute atomic E-state index is 0.213. The Labute approximate surface area is 119 Å². The molecule has 18 heavy (non-hydrogen) atoms. The lowest BCUT2D eigenvalue weighted by molar-refractivity contribution is 0.623. The molecule has 0 atom stereocenters. The molecule has 1 nitrogen and oxygen atoms in total. The normalized spacial score (nSPS) is 10.6. The largest absolute Gasteiger partial charge is 0.330 e. The van der Waals surface area contributed by atoms with E-state index >= 15 is 0 Å². The fourth-order valence-electron chi connectivity index (χ4n) is 1.64. The Kier molecular flexibility index (Phi) is 4.80. The third kappa shape index (κ3) is 3.34. The van der Waals surface area contributed by atoms with Gasteiger partial charge in [-0.2, -0.15) is 0 Å². The van der Waals surface area contributed by atoms with Crippen molar-refractivity contribution >= 4 is 27.7 Å². The van der Waals surface area contributed by atoms with Crippen molar-refractivity contribution in [2.45, 2.75) is 16.2 Å². The molecule has 0 aliphatic rings. The van der Waals surface area contributed by atoms with Crippen LogP contribution in [0.25, 0.3) is 0 Å². The van der Waals surface area contributed by atoms with Crippen molar-refractivity contribution in [2.24, 2.45) is 5.73 Å². The maximum atomic E-state index is 13.2. The zero-order chi connectivity index (χ0) is 13.0. The van der Waals surface area contributed by atoms with Crippen molar-refractivity contribution in [3.05, 3.63) is 58.3 Å². The molecule has 0 unspecified atom stereocenters. The Hall–Kier alpha value is -0.840. The summed E-state index contributed by atoms with van der Waals surface area (Å²) < 4.78 is 14.3. The summed E-state index contributed by atoms with van der Waals surface area (Å²) in [4.78, 5) is 2.16. The van der Waals surface area contributed by atoms with Crippen LogP contribution in [0, 0.1) is 5.82 Å². The topological polar surface area (TPSA) is 26.0 Å². The summed E-state index contributed by atoms with van der Waals surface area (Å²) in [5.74, 6) is -0.213. The molecule has 2 aromatic carbocycles. The minimum atomic E-state index is -0.213. The van der Waals surface area contributed by atoms with E-state index in [-0.39, 0.29) is 5.82 Å². The number of benzene rings is 2. The summed E-state index contributed by atoms with van der Waals surface area (Å²) in [5.41, 5.74) is 6.52. The fraction of sp³-hybridized carbons (Fsp3) is 0.143. The number of hydrogen-bond donors (Lipinski definition) is 1. The first-order chi connectivity index (χ1) is 8.70. The van der Waals surface area contributed by atoms with Crippen LogP contribution in [0.3, 0.4) is 0 Å². The molecule has 2 aromatic rings. The van der Waals surface area contributed by atoms with Gasteiger partial charge in [0, 0.05) is 14.3 Å². The van der Waals surface area contributed by atoms with Gasteiger partial charge in [-0.3, -0.25) is 0 Å². The molecule has 0 heterocycles. The molecular formula is C14H13BrFNS. The molecule has 0 spiro atoms. The van der Waals surface area contributed by atoms with Crippen molar-refractivity contribution in [2.75, 3.05) is 6.54 Å². The Morgan fingerprint density at radius 3 is 2.61 bits per heavy atom. The van der Waals surface area contributed by atoms with E-state index in [2.05, 4.69) is 15.9 Å². The highest BCUT2D eigenvalue weighted by Crippen LogP contribution is 2.35. The highest BCUT2D eigenvalue weighted by Gasteiger charge is 2.07. The van der Waals surface area contributed by atoms with Crippen molar-refractivity contribution in [3.8, 4) is 0 Å². The minimum Gasteiger partial charge on any atom is -0.330 e. The summed E-state index contributed by atoms with van der Waals surface area (Å²) in [6.45, 7) is 0.521. The summed E-state index contributed by atoms with van der Waals surface area (Å²) in [7, 11) is 0. The van der Waals surface area contributed by atoms with Crippen molar-refractivity contribution < 1.29 is 4.39 Å². The van der Waals surface area contributed by atoms with E-state index in [9.17, 15) is 4.39 Å². The van der Waals surface area contributed by atoms with E-state index in [4.69, 9.17) is 5.73 Å². The predicted octanol–water partition coefficient (Wildman–Crippen LogP) is 4.24. The second-order valence-corrected chi connectivity index (χ2v) is 5.76. The number of hydrogen-bond acceptors (Lipinski definition) is 2. The second kappa shape index (κ2) is 6.36. The van der Waals surface area contributed by atoms with E-state index in [1.807, 2.05) is 30.3 Å². The third-order valence-corrected chi connectivity index (χ3v) is 4.64. The van der Waals surface area contributed by atoms with Crippen molar-refractivity contribution in [3.63, 3.8) is 0 Å². The monoisotopic (exact) mass is 325 g/mol. The van der Waals surface area contributed by atoms with Crippen LogP contribution >= 0.6 is 27.7 Å². The number of halogens is 2. The smallest absolute Gasteiger partial charge is 0.123 e. The van der Waals surface area contributed by atoms with Crippen LogP contribution < -0.4 is 5.73 Å². The van der Waals surface area contributed by atoms with Crippen LogP contribution in [-0.2, 0) is 6.42 Å². The fourth-order valence-corrected chi connectivity index (χ4v) is 3.15. The van der Waals surface area contributed by atoms with Crippen molar-refractivity contribution in [1.29, 1.82) is 0 Å². The van der Waals surface area contributed by atoms with Gasteiger partial charge in [-0.15, -0.1) is 0 Å². The van der Waals surface area contributed by atoms with Crippen LogP contribution in [0.5, 0.6) is 0 Å². The van der Waals surface area contributed by atoms with E-state index < -0.39 is 0 Å². The van der Waals surface area contributed by atoms with Gasteiger partial charge in [0.25, 0.3) is 0 Å². The Bertz CT molecular complexity index is 545. The average molecular weight is 326 g/mol. The summed E-state index contributed by atoms with van der Waals surface area (Å²) in [6, 6.07) is 12.8. The van der Waals surface area contributed by atoms with Gasteiger partial charge in [-0.1, -0.05) is 23.9 Å². The first kappa shape index (κ1) is 13.6. The quantitative estimate of drug-likeness (QED) is 0.909. The van der Waals surface area contributed by atoms with Gasteiger partial charge in [0.1, 0.15) is 5.82 Å². The lowest BCUT2D eigenvalue weighted by Crippen LogP contribution is -2.04. The standard InChI is InChI=1S/C14H13BrFNS/c15-12-3-1-2-4-14(12)18-13-6-5-11(16)9-10(13)7-8-17/h1-6,9H,7-8,17H2. The molecule has 0 aromatic heterocycles. The average Bonchev–Trinajstić information content (AvgIpc) is 2.35. The molecule has 2 N–H and O–H groups in total. The number of rotatable bonds is 4. The molecule has 2 rings (SSSR count). The Balaban J connectivity index is 2.31. The maximum Gasteiger partial charge on any atom is 0.123 e. The van der Waals surface area contributed by atoms with Gasteiger partial charge in [0.2, 0.25) is 0 Å². The molecule has 0 aliphatic heterocycles. The maximum absolute atomic E-state index is 13.2. The van der Waals surface area contributed by atoms with Gasteiger partial charge < -0.3 is 5.73 Å². The summed E-state index contributed by atoms with van der Waals surface area (Å²) in [5, 5.41) is 0. The first-order valence-electron chi connectivity index (χ1n) is 5.61. The van der Waals surface area contributed by atoms with Gasteiger partial charge in [-0.05, 0) is 64.8 Å². The molecule has 0 saturated heterocycles. The molecule has 0 amide bonds. The van der Waals surface area contributed by atoms with Gasteiger partial charge >= 0.3 is 0 Å². The zero-order valence-corrected chi connectivity index (χ0v) is 12.1. The lowest BCUT2D eigenvalue weighted by Gasteiger charge is -2.09. The van der Waals surface area contributed by atoms with Crippen LogP contribution in [0.2, 0.25) is 0 Å². The van der Waals surface area contributed by atoms with Crippen LogP contribution in [-0.4, -0.2) is 6.54 Å². The second-order valence-electron chi connectivity index (χ2n) is 3.82. The lowest BCUT2D eigenvalue weighted by atomic mass is 10.1. The van der Waals surface area contributed by atoms with E-state index in [1.54, 1.807) is 17.8 Å². The van der Waals surface area contributed by atoms with Crippen molar-refractivity contribution in [1.82, 2.24) is 0 Å². The number of nitrogens with two attached hydrogens (primary N) is 1. The van der Waals surface area contributed by atoms with E-state index in [1.165, 1.54) is 6.07 Å². The highest BCUT2D eigenvalue weighted by molar-refractivity contribution is 9.10. The molecule has 4 heteroatoms. The SMILES string of the molecule is NCCc1cc(F)ccc1Sc1ccccc1Br.